The predicted molar refractivity (Wildman–Crippen MR) is 76.9 cm³/mol. The highest BCUT2D eigenvalue weighted by Crippen LogP contribution is 2.31. The number of pyridine rings is 1. The van der Waals surface area contributed by atoms with Gasteiger partial charge in [-0.1, -0.05) is 19.8 Å². The van der Waals surface area contributed by atoms with E-state index >= 15 is 0 Å². The van der Waals surface area contributed by atoms with Crippen LogP contribution in [0.15, 0.2) is 22.9 Å². The minimum absolute atomic E-state index is 0.172. The zero-order valence-corrected chi connectivity index (χ0v) is 12.6. The molecule has 0 aromatic carbocycles. The first-order valence-corrected chi connectivity index (χ1v) is 7.40. The van der Waals surface area contributed by atoms with Gasteiger partial charge in [0.15, 0.2) is 0 Å². The number of carbonyl (C=O) groups is 1. The van der Waals surface area contributed by atoms with Gasteiger partial charge in [-0.05, 0) is 46.8 Å². The molecule has 5 heteroatoms. The van der Waals surface area contributed by atoms with Crippen molar-refractivity contribution in [2.75, 3.05) is 6.54 Å². The van der Waals surface area contributed by atoms with Crippen molar-refractivity contribution in [1.82, 2.24) is 10.3 Å². The molecule has 2 rings (SSSR count). The lowest BCUT2D eigenvalue weighted by molar-refractivity contribution is -0.0109. The number of halogens is 1. The highest BCUT2D eigenvalue weighted by molar-refractivity contribution is 9.10. The first kappa shape index (κ1) is 14.5. The Labute approximate surface area is 121 Å². The summed E-state index contributed by atoms with van der Waals surface area (Å²) in [4.78, 5) is 16.0. The van der Waals surface area contributed by atoms with Gasteiger partial charge in [-0.3, -0.25) is 4.79 Å². The Kier molecular flexibility index (Phi) is 4.58. The molecule has 2 atom stereocenters. The lowest BCUT2D eigenvalue weighted by Crippen LogP contribution is -2.45. The number of carbonyl (C=O) groups excluding carboxylic acids is 1. The molecule has 19 heavy (non-hydrogen) atoms. The van der Waals surface area contributed by atoms with Gasteiger partial charge in [0.25, 0.3) is 5.91 Å². The van der Waals surface area contributed by atoms with Crippen molar-refractivity contribution < 1.29 is 9.90 Å². The van der Waals surface area contributed by atoms with Crippen LogP contribution in [0, 0.1) is 5.92 Å². The molecule has 1 fully saturated rings. The monoisotopic (exact) mass is 326 g/mol. The van der Waals surface area contributed by atoms with Crippen LogP contribution in [0.5, 0.6) is 0 Å². The topological polar surface area (TPSA) is 62.2 Å². The van der Waals surface area contributed by atoms with E-state index in [1.807, 2.05) is 0 Å². The van der Waals surface area contributed by atoms with Crippen LogP contribution in [0.3, 0.4) is 0 Å². The molecule has 1 aromatic rings. The van der Waals surface area contributed by atoms with Crippen molar-refractivity contribution >= 4 is 21.8 Å². The van der Waals surface area contributed by atoms with E-state index in [0.29, 0.717) is 22.6 Å². The quantitative estimate of drug-likeness (QED) is 0.839. The summed E-state index contributed by atoms with van der Waals surface area (Å²) in [7, 11) is 0. The van der Waals surface area contributed by atoms with E-state index in [9.17, 15) is 9.90 Å². The molecule has 0 aliphatic heterocycles. The largest absolute Gasteiger partial charge is 0.388 e. The van der Waals surface area contributed by atoms with Crippen LogP contribution in [0.2, 0.25) is 0 Å². The second-order valence-corrected chi connectivity index (χ2v) is 6.29. The summed E-state index contributed by atoms with van der Waals surface area (Å²) < 4.78 is 0.630. The maximum atomic E-state index is 12.0. The molecule has 0 radical (unpaired) electrons. The third-order valence-electron chi connectivity index (χ3n) is 3.63. The number of aliphatic hydroxyl groups is 1. The highest BCUT2D eigenvalue weighted by atomic mass is 79.9. The average molecular weight is 327 g/mol. The van der Waals surface area contributed by atoms with E-state index in [0.717, 1.165) is 25.7 Å². The maximum Gasteiger partial charge on any atom is 0.251 e. The van der Waals surface area contributed by atoms with Gasteiger partial charge in [0, 0.05) is 18.3 Å². The first-order chi connectivity index (χ1) is 8.98. The number of amides is 1. The van der Waals surface area contributed by atoms with Crippen LogP contribution < -0.4 is 5.32 Å². The fourth-order valence-corrected chi connectivity index (χ4v) is 3.05. The molecule has 1 amide bonds. The number of nitrogens with zero attached hydrogens (tertiary/aromatic N) is 1. The molecule has 0 bridgehead atoms. The second-order valence-electron chi connectivity index (χ2n) is 5.48. The Bertz CT molecular complexity index is 467. The molecule has 2 unspecified atom stereocenters. The summed E-state index contributed by atoms with van der Waals surface area (Å²) in [5.74, 6) is 0.348. The Morgan fingerprint density at radius 2 is 2.47 bits per heavy atom. The normalized spacial score (nSPS) is 27.0. The van der Waals surface area contributed by atoms with Gasteiger partial charge in [-0.15, -0.1) is 0 Å². The summed E-state index contributed by atoms with van der Waals surface area (Å²) >= 11 is 3.24. The highest BCUT2D eigenvalue weighted by Gasteiger charge is 2.32. The zero-order valence-electron chi connectivity index (χ0n) is 11.0. The maximum absolute atomic E-state index is 12.0. The van der Waals surface area contributed by atoms with Crippen LogP contribution >= 0.6 is 15.9 Å². The first-order valence-electron chi connectivity index (χ1n) is 6.61. The van der Waals surface area contributed by atoms with Crippen molar-refractivity contribution in [1.29, 1.82) is 0 Å². The molecule has 0 saturated heterocycles. The number of aromatic nitrogens is 1. The molecule has 1 aliphatic carbocycles. The van der Waals surface area contributed by atoms with Gasteiger partial charge >= 0.3 is 0 Å². The molecule has 1 heterocycles. The number of hydrogen-bond acceptors (Lipinski definition) is 3. The van der Waals surface area contributed by atoms with Crippen LogP contribution in [-0.4, -0.2) is 28.1 Å². The summed E-state index contributed by atoms with van der Waals surface area (Å²) in [6.45, 7) is 2.46. The standard InChI is InChI=1S/C14H19BrN2O2/c1-10-3-2-5-14(19,8-10)9-17-13(18)11-4-6-16-12(15)7-11/h4,6-7,10,19H,2-3,5,8-9H2,1H3,(H,17,18). The van der Waals surface area contributed by atoms with Crippen LogP contribution in [-0.2, 0) is 0 Å². The average Bonchev–Trinajstić information content (AvgIpc) is 2.36. The lowest BCUT2D eigenvalue weighted by Gasteiger charge is -2.35. The van der Waals surface area contributed by atoms with Crippen LogP contribution in [0.25, 0.3) is 0 Å². The van der Waals surface area contributed by atoms with Crippen molar-refractivity contribution in [3.8, 4) is 0 Å². The smallest absolute Gasteiger partial charge is 0.251 e. The molecule has 4 nitrogen and oxygen atoms in total. The Hall–Kier alpha value is -0.940. The zero-order chi connectivity index (χ0) is 13.9. The summed E-state index contributed by atoms with van der Waals surface area (Å²) in [5.41, 5.74) is -0.202. The molecule has 0 spiro atoms. The molecular weight excluding hydrogens is 308 g/mol. The van der Waals surface area contributed by atoms with Crippen molar-refractivity contribution in [3.63, 3.8) is 0 Å². The number of rotatable bonds is 3. The van der Waals surface area contributed by atoms with E-state index in [-0.39, 0.29) is 5.91 Å². The molecule has 104 valence electrons. The van der Waals surface area contributed by atoms with Gasteiger partial charge in [-0.25, -0.2) is 4.98 Å². The van der Waals surface area contributed by atoms with Crippen LogP contribution in [0.1, 0.15) is 43.0 Å². The summed E-state index contributed by atoms with van der Waals surface area (Å²) in [6, 6.07) is 3.33. The fraction of sp³-hybridized carbons (Fsp3) is 0.571. The lowest BCUT2D eigenvalue weighted by atomic mass is 9.79. The van der Waals surface area contributed by atoms with Crippen molar-refractivity contribution in [2.45, 2.75) is 38.2 Å². The van der Waals surface area contributed by atoms with Gasteiger partial charge in [0.2, 0.25) is 0 Å². The summed E-state index contributed by atoms with van der Waals surface area (Å²) in [6.07, 6.45) is 5.28. The number of nitrogens with one attached hydrogen (secondary N) is 1. The van der Waals surface area contributed by atoms with Gasteiger partial charge < -0.3 is 10.4 Å². The van der Waals surface area contributed by atoms with E-state index in [1.54, 1.807) is 18.3 Å². The number of hydrogen-bond donors (Lipinski definition) is 2. The minimum Gasteiger partial charge on any atom is -0.388 e. The Morgan fingerprint density at radius 3 is 3.16 bits per heavy atom. The third kappa shape index (κ3) is 4.01. The van der Waals surface area contributed by atoms with Gasteiger partial charge in [-0.2, -0.15) is 0 Å². The van der Waals surface area contributed by atoms with E-state index in [4.69, 9.17) is 0 Å². The molecular formula is C14H19BrN2O2. The molecule has 2 N–H and O–H groups in total. The fourth-order valence-electron chi connectivity index (χ4n) is 2.68. The predicted octanol–water partition coefficient (Wildman–Crippen LogP) is 2.52. The SMILES string of the molecule is CC1CCCC(O)(CNC(=O)c2ccnc(Br)c2)C1. The van der Waals surface area contributed by atoms with E-state index in [1.165, 1.54) is 0 Å². The van der Waals surface area contributed by atoms with E-state index < -0.39 is 5.60 Å². The molecule has 1 aromatic heterocycles. The summed E-state index contributed by atoms with van der Waals surface area (Å²) in [5, 5.41) is 13.3. The third-order valence-corrected chi connectivity index (χ3v) is 4.07. The molecule has 1 aliphatic rings. The van der Waals surface area contributed by atoms with E-state index in [2.05, 4.69) is 33.2 Å². The van der Waals surface area contributed by atoms with Crippen molar-refractivity contribution in [3.05, 3.63) is 28.5 Å². The Balaban J connectivity index is 1.93. The van der Waals surface area contributed by atoms with Crippen LogP contribution in [0.4, 0.5) is 0 Å². The Morgan fingerprint density at radius 1 is 1.68 bits per heavy atom. The second kappa shape index (κ2) is 6.01. The van der Waals surface area contributed by atoms with Crippen molar-refractivity contribution in [2.24, 2.45) is 5.92 Å². The minimum atomic E-state index is -0.752. The van der Waals surface area contributed by atoms with Gasteiger partial charge in [0.05, 0.1) is 5.60 Å². The molecule has 1 saturated carbocycles. The van der Waals surface area contributed by atoms with Gasteiger partial charge in [0.1, 0.15) is 4.60 Å².